The number of cyclic esters (lactones) is 1. The molecule has 1 aromatic heterocycles. The Balaban J connectivity index is 1.75. The van der Waals surface area contributed by atoms with Gasteiger partial charge in [0.15, 0.2) is 18.7 Å². The van der Waals surface area contributed by atoms with E-state index in [9.17, 15) is 30.0 Å². The lowest BCUT2D eigenvalue weighted by atomic mass is 9.77. The lowest BCUT2D eigenvalue weighted by molar-refractivity contribution is -0.318. The topological polar surface area (TPSA) is 220 Å². The molecule has 0 bridgehead atoms. The fourth-order valence-corrected chi connectivity index (χ4v) is 9.58. The molecule has 62 heavy (non-hydrogen) atoms. The summed E-state index contributed by atoms with van der Waals surface area (Å²) in [5.74, 6) is -2.84. The number of nitrogens with one attached hydrogen (secondary N) is 2. The van der Waals surface area contributed by atoms with Crippen molar-refractivity contribution in [3.8, 4) is 0 Å². The Morgan fingerprint density at radius 2 is 1.73 bits per heavy atom. The van der Waals surface area contributed by atoms with Crippen LogP contribution in [-0.4, -0.2) is 167 Å². The number of likely N-dealkylation sites (N-methyl/N-ethyl adjacent to an activating group) is 1. The number of aliphatic hydroxyl groups is 4. The maximum atomic E-state index is 14.6. The Hall–Kier alpha value is -2.55. The second kappa shape index (κ2) is 22.1. The van der Waals surface area contributed by atoms with Gasteiger partial charge in [0.1, 0.15) is 23.9 Å². The summed E-state index contributed by atoms with van der Waals surface area (Å²) < 4.78 is 43.9. The summed E-state index contributed by atoms with van der Waals surface area (Å²) in [5, 5.41) is 53.9. The van der Waals surface area contributed by atoms with Gasteiger partial charge in [-0.3, -0.25) is 9.78 Å². The molecule has 3 aliphatic heterocycles. The van der Waals surface area contributed by atoms with E-state index in [0.29, 0.717) is 19.4 Å². The number of methoxy groups -OCH3 is 1. The average Bonchev–Trinajstić information content (AvgIpc) is 3.21. The molecule has 3 fully saturated rings. The lowest BCUT2D eigenvalue weighted by Crippen LogP contribution is -2.61. The van der Waals surface area contributed by atoms with Gasteiger partial charge in [-0.1, -0.05) is 26.8 Å². The van der Waals surface area contributed by atoms with Gasteiger partial charge < -0.3 is 69.1 Å². The zero-order valence-corrected chi connectivity index (χ0v) is 39.3. The molecular formula is C45H78N4O13. The number of alkyl carbamates (subject to hydrolysis) is 1. The van der Waals surface area contributed by atoms with Gasteiger partial charge in [-0.2, -0.15) is 0 Å². The Morgan fingerprint density at radius 1 is 1.03 bits per heavy atom. The highest BCUT2D eigenvalue weighted by atomic mass is 16.7. The second-order valence-corrected chi connectivity index (χ2v) is 19.1. The number of amides is 1. The van der Waals surface area contributed by atoms with Gasteiger partial charge in [0.25, 0.3) is 0 Å². The van der Waals surface area contributed by atoms with Crippen molar-refractivity contribution in [2.45, 2.75) is 192 Å². The minimum atomic E-state index is -1.90. The maximum absolute atomic E-state index is 14.6. The van der Waals surface area contributed by atoms with Crippen LogP contribution in [0.2, 0.25) is 0 Å². The number of esters is 1. The third-order valence-electron chi connectivity index (χ3n) is 13.3. The summed E-state index contributed by atoms with van der Waals surface area (Å²) in [6, 6.07) is 2.75. The van der Waals surface area contributed by atoms with Crippen LogP contribution in [0, 0.1) is 17.8 Å². The van der Waals surface area contributed by atoms with Crippen molar-refractivity contribution in [1.82, 2.24) is 20.5 Å². The zero-order chi connectivity index (χ0) is 46.3. The van der Waals surface area contributed by atoms with Crippen LogP contribution in [-0.2, 0) is 44.4 Å². The minimum absolute atomic E-state index is 0.102. The number of nitrogens with zero attached hydrogens (tertiary/aromatic N) is 2. The molecule has 1 amide bonds. The molecule has 1 aromatic rings. The summed E-state index contributed by atoms with van der Waals surface area (Å²) >= 11 is 0. The predicted molar refractivity (Wildman–Crippen MR) is 230 cm³/mol. The Labute approximate surface area is 368 Å². The minimum Gasteiger partial charge on any atom is -0.459 e. The number of ether oxygens (including phenoxy) is 7. The summed E-state index contributed by atoms with van der Waals surface area (Å²) in [6.07, 6.45) is -5.58. The average molecular weight is 883 g/mol. The molecule has 17 heteroatoms. The van der Waals surface area contributed by atoms with E-state index in [1.54, 1.807) is 60.9 Å². The number of aromatic nitrogens is 1. The molecule has 18 atom stereocenters. The van der Waals surface area contributed by atoms with Crippen LogP contribution in [0.25, 0.3) is 0 Å². The van der Waals surface area contributed by atoms with E-state index in [1.807, 2.05) is 45.0 Å². The van der Waals surface area contributed by atoms with Crippen molar-refractivity contribution < 1.29 is 63.2 Å². The molecule has 4 heterocycles. The van der Waals surface area contributed by atoms with Gasteiger partial charge in [0.05, 0.1) is 41.5 Å². The summed E-state index contributed by atoms with van der Waals surface area (Å²) in [4.78, 5) is 34.0. The molecule has 0 unspecified atom stereocenters. The van der Waals surface area contributed by atoms with E-state index < -0.39 is 102 Å². The molecule has 3 saturated heterocycles. The van der Waals surface area contributed by atoms with Crippen LogP contribution in [0.3, 0.4) is 0 Å². The van der Waals surface area contributed by atoms with E-state index in [2.05, 4.69) is 15.6 Å². The van der Waals surface area contributed by atoms with Gasteiger partial charge in [-0.15, -0.1) is 0 Å². The normalized spacial score (nSPS) is 42.9. The van der Waals surface area contributed by atoms with Gasteiger partial charge in [-0.25, -0.2) is 4.79 Å². The molecule has 0 aliphatic carbocycles. The van der Waals surface area contributed by atoms with Crippen LogP contribution in [0.5, 0.6) is 0 Å². The molecule has 356 valence electrons. The van der Waals surface area contributed by atoms with Gasteiger partial charge >= 0.3 is 12.1 Å². The standard InChI is InChI=1S/C45H78N4O13/c1-14-33-45(10,55)39(62-42(53)47-19-17-31-16-15-18-46-24-31)29(6)48-23-25(2)21-43(8,54)38(61-41-35(50)32(49(11)12)20-26(3)57-41)27(4)36(28(5)40(52)59-33)60-34-22-44(9,56-13)37(51)30(7)58-34/h15-16,18,24-30,32-39,41,48,50-51,54-55H,14,17,19-23H2,1-13H3,(H,47,53)/t25-,26-,27+,28-,29+,30+,32+,33+,34+,35-,36+,37+,38-,39-,41+,43-,44-,45-/m1/s1. The third kappa shape index (κ3) is 12.8. The number of carbonyl (C=O) groups excluding carboxylic acids is 2. The Bertz CT molecular complexity index is 1560. The summed E-state index contributed by atoms with van der Waals surface area (Å²) in [7, 11) is 5.25. The predicted octanol–water partition coefficient (Wildman–Crippen LogP) is 2.93. The third-order valence-corrected chi connectivity index (χ3v) is 13.3. The van der Waals surface area contributed by atoms with E-state index in [0.717, 1.165) is 5.56 Å². The highest BCUT2D eigenvalue weighted by Crippen LogP contribution is 2.40. The number of carbonyl (C=O) groups is 2. The van der Waals surface area contributed by atoms with Crippen molar-refractivity contribution >= 4 is 12.1 Å². The SMILES string of the molecule is CC[C@@H]1OC(=O)[C@H](C)[C@@H](O[C@H]2C[C@@](C)(OC)[C@@H](O)[C@H](C)O2)[C@H](C)[C@@H](O[C@@H]2O[C@H](C)C[C@H](N(C)C)[C@H]2O)[C@](C)(O)C[C@@H](C)CN[C@@H](C)[C@@H](OC(=O)NCCc2cccnc2)[C@]1(C)O. The van der Waals surface area contributed by atoms with Crippen LogP contribution in [0.1, 0.15) is 100 Å². The first kappa shape index (κ1) is 52.1. The molecule has 0 saturated carbocycles. The quantitative estimate of drug-likeness (QED) is 0.176. The molecular weight excluding hydrogens is 805 g/mol. The number of hydrogen-bond acceptors (Lipinski definition) is 16. The summed E-state index contributed by atoms with van der Waals surface area (Å²) in [6.45, 7) is 18.0. The van der Waals surface area contributed by atoms with Crippen LogP contribution in [0.15, 0.2) is 24.5 Å². The second-order valence-electron chi connectivity index (χ2n) is 19.1. The van der Waals surface area contributed by atoms with Crippen molar-refractivity contribution in [1.29, 1.82) is 0 Å². The molecule has 0 radical (unpaired) electrons. The first-order valence-electron chi connectivity index (χ1n) is 22.4. The Morgan fingerprint density at radius 3 is 2.34 bits per heavy atom. The zero-order valence-electron chi connectivity index (χ0n) is 39.3. The first-order chi connectivity index (χ1) is 28.9. The van der Waals surface area contributed by atoms with E-state index >= 15 is 0 Å². The fourth-order valence-electron chi connectivity index (χ4n) is 9.58. The molecule has 6 N–H and O–H groups in total. The number of hydrogen-bond donors (Lipinski definition) is 6. The Kier molecular flexibility index (Phi) is 18.6. The lowest BCUT2D eigenvalue weighted by Gasteiger charge is -2.48. The largest absolute Gasteiger partial charge is 0.459 e. The molecule has 0 spiro atoms. The number of rotatable bonds is 11. The van der Waals surface area contributed by atoms with Crippen LogP contribution in [0.4, 0.5) is 4.79 Å². The monoisotopic (exact) mass is 883 g/mol. The van der Waals surface area contributed by atoms with E-state index in [-0.39, 0.29) is 43.9 Å². The van der Waals surface area contributed by atoms with Crippen LogP contribution >= 0.6 is 0 Å². The van der Waals surface area contributed by atoms with Gasteiger partial charge in [-0.05, 0) is 112 Å². The van der Waals surface area contributed by atoms with Gasteiger partial charge in [0.2, 0.25) is 0 Å². The van der Waals surface area contributed by atoms with Crippen molar-refractivity contribution in [2.75, 3.05) is 34.3 Å². The number of aliphatic hydroxyl groups excluding tert-OH is 2. The highest BCUT2D eigenvalue weighted by molar-refractivity contribution is 5.73. The summed E-state index contributed by atoms with van der Waals surface area (Å²) in [5.41, 5.74) is -3.65. The van der Waals surface area contributed by atoms with Gasteiger partial charge in [0, 0.05) is 50.5 Å². The molecule has 0 aromatic carbocycles. The highest BCUT2D eigenvalue weighted by Gasteiger charge is 2.53. The smallest absolute Gasteiger partial charge is 0.407 e. The molecule has 17 nitrogen and oxygen atoms in total. The fraction of sp³-hybridized carbons (Fsp3) is 0.844. The van der Waals surface area contributed by atoms with Crippen molar-refractivity contribution in [2.24, 2.45) is 17.8 Å². The van der Waals surface area contributed by atoms with E-state index in [1.165, 1.54) is 14.0 Å². The number of pyridine rings is 1. The maximum Gasteiger partial charge on any atom is 0.407 e. The molecule has 4 rings (SSSR count). The first-order valence-corrected chi connectivity index (χ1v) is 22.4. The van der Waals surface area contributed by atoms with Crippen molar-refractivity contribution in [3.05, 3.63) is 30.1 Å². The molecule has 3 aliphatic rings. The van der Waals surface area contributed by atoms with Crippen molar-refractivity contribution in [3.63, 3.8) is 0 Å². The van der Waals surface area contributed by atoms with E-state index in [4.69, 9.17) is 33.2 Å². The van der Waals surface area contributed by atoms with Crippen LogP contribution < -0.4 is 10.6 Å².